The van der Waals surface area contributed by atoms with E-state index in [1.165, 1.54) is 37.6 Å². The van der Waals surface area contributed by atoms with Crippen LogP contribution in [0.15, 0.2) is 29.2 Å². The quantitative estimate of drug-likeness (QED) is 0.598. The molecule has 1 amide bonds. The van der Waals surface area contributed by atoms with Crippen LogP contribution in [0.1, 0.15) is 46.5 Å². The summed E-state index contributed by atoms with van der Waals surface area (Å²) in [5, 5.41) is 3.30. The molecule has 31 heavy (non-hydrogen) atoms. The van der Waals surface area contributed by atoms with E-state index in [4.69, 9.17) is 4.74 Å². The number of thiophene rings is 1. The largest absolute Gasteiger partial charge is 0.465 e. The van der Waals surface area contributed by atoms with Crippen LogP contribution in [0.25, 0.3) is 0 Å². The second kappa shape index (κ2) is 9.88. The molecule has 2 aromatic rings. The SMILES string of the molecule is COC(=O)c1c(NC(=O)CCCN(C)S(=O)(=O)c2ccc(F)cc2)sc2c1CCCC2. The fraction of sp³-hybridized carbons (Fsp3) is 0.429. The summed E-state index contributed by atoms with van der Waals surface area (Å²) in [4.78, 5) is 25.8. The van der Waals surface area contributed by atoms with E-state index in [1.807, 2.05) is 0 Å². The summed E-state index contributed by atoms with van der Waals surface area (Å²) in [5.41, 5.74) is 1.40. The molecule has 7 nitrogen and oxygen atoms in total. The molecular formula is C21H25FN2O5S2. The zero-order chi connectivity index (χ0) is 22.6. The van der Waals surface area contributed by atoms with Crippen molar-refractivity contribution in [1.29, 1.82) is 0 Å². The standard InChI is InChI=1S/C21H25FN2O5S2/c1-24(31(27,28)15-11-9-14(22)10-12-15)13-5-8-18(25)23-20-19(21(26)29-2)16-6-3-4-7-17(16)30-20/h9-12H,3-8,13H2,1-2H3,(H,23,25). The zero-order valence-electron chi connectivity index (χ0n) is 17.4. The van der Waals surface area contributed by atoms with Gasteiger partial charge < -0.3 is 10.1 Å². The Morgan fingerprint density at radius 1 is 1.19 bits per heavy atom. The van der Waals surface area contributed by atoms with Gasteiger partial charge in [-0.25, -0.2) is 21.9 Å². The van der Waals surface area contributed by atoms with Gasteiger partial charge in [0.2, 0.25) is 15.9 Å². The van der Waals surface area contributed by atoms with Gasteiger partial charge in [0.05, 0.1) is 17.6 Å². The lowest BCUT2D eigenvalue weighted by Crippen LogP contribution is -2.28. The van der Waals surface area contributed by atoms with E-state index in [0.29, 0.717) is 17.0 Å². The number of fused-ring (bicyclic) bond motifs is 1. The van der Waals surface area contributed by atoms with E-state index in [9.17, 15) is 22.4 Å². The Kier molecular flexibility index (Phi) is 7.45. The third-order valence-electron chi connectivity index (χ3n) is 5.21. The van der Waals surface area contributed by atoms with Crippen molar-refractivity contribution in [2.75, 3.05) is 26.0 Å². The third kappa shape index (κ3) is 5.31. The summed E-state index contributed by atoms with van der Waals surface area (Å²) in [6, 6.07) is 4.60. The number of amides is 1. The van der Waals surface area contributed by atoms with Crippen LogP contribution in [-0.2, 0) is 32.4 Å². The van der Waals surface area contributed by atoms with Crippen molar-refractivity contribution in [3.63, 3.8) is 0 Å². The van der Waals surface area contributed by atoms with Gasteiger partial charge in [-0.15, -0.1) is 11.3 Å². The highest BCUT2D eigenvalue weighted by Crippen LogP contribution is 2.38. The van der Waals surface area contributed by atoms with Gasteiger partial charge in [-0.3, -0.25) is 4.79 Å². The fourth-order valence-electron chi connectivity index (χ4n) is 3.53. The highest BCUT2D eigenvalue weighted by Gasteiger charge is 2.27. The number of hydrogen-bond acceptors (Lipinski definition) is 6. The Morgan fingerprint density at radius 3 is 2.55 bits per heavy atom. The normalized spacial score (nSPS) is 13.7. The minimum atomic E-state index is -3.76. The van der Waals surface area contributed by atoms with Crippen LogP contribution in [0, 0.1) is 5.82 Å². The lowest BCUT2D eigenvalue weighted by atomic mass is 9.95. The van der Waals surface area contributed by atoms with Crippen LogP contribution in [0.2, 0.25) is 0 Å². The molecule has 1 aliphatic rings. The predicted molar refractivity (Wildman–Crippen MR) is 116 cm³/mol. The number of anilines is 1. The lowest BCUT2D eigenvalue weighted by Gasteiger charge is -2.17. The van der Waals surface area contributed by atoms with Crippen molar-refractivity contribution in [3.05, 3.63) is 46.1 Å². The molecule has 0 spiro atoms. The zero-order valence-corrected chi connectivity index (χ0v) is 19.1. The molecule has 10 heteroatoms. The molecule has 1 N–H and O–H groups in total. The Hall–Kier alpha value is -2.30. The van der Waals surface area contributed by atoms with Gasteiger partial charge in [0.1, 0.15) is 10.8 Å². The lowest BCUT2D eigenvalue weighted by molar-refractivity contribution is -0.116. The molecule has 0 unspecified atom stereocenters. The Bertz CT molecular complexity index is 1060. The maximum Gasteiger partial charge on any atom is 0.341 e. The molecule has 0 saturated heterocycles. The van der Waals surface area contributed by atoms with Crippen LogP contribution in [0.3, 0.4) is 0 Å². The summed E-state index contributed by atoms with van der Waals surface area (Å²) in [5.74, 6) is -1.27. The molecule has 0 radical (unpaired) electrons. The number of aryl methyl sites for hydroxylation is 1. The number of sulfonamides is 1. The molecule has 0 bridgehead atoms. The minimum Gasteiger partial charge on any atom is -0.465 e. The Morgan fingerprint density at radius 2 is 1.87 bits per heavy atom. The molecule has 1 heterocycles. The molecule has 0 aliphatic heterocycles. The average molecular weight is 469 g/mol. The predicted octanol–water partition coefficient (Wildman–Crippen LogP) is 3.59. The first-order valence-electron chi connectivity index (χ1n) is 9.98. The molecule has 0 saturated carbocycles. The number of methoxy groups -OCH3 is 1. The second-order valence-corrected chi connectivity index (χ2v) is 10.5. The van der Waals surface area contributed by atoms with E-state index in [2.05, 4.69) is 5.32 Å². The van der Waals surface area contributed by atoms with Gasteiger partial charge in [-0.2, -0.15) is 0 Å². The minimum absolute atomic E-state index is 0.00672. The van der Waals surface area contributed by atoms with E-state index in [0.717, 1.165) is 52.6 Å². The summed E-state index contributed by atoms with van der Waals surface area (Å²) in [6.07, 6.45) is 4.10. The number of carbonyl (C=O) groups is 2. The maximum atomic E-state index is 13.0. The molecule has 0 atom stereocenters. The monoisotopic (exact) mass is 468 g/mol. The van der Waals surface area contributed by atoms with Crippen molar-refractivity contribution in [1.82, 2.24) is 4.31 Å². The summed E-state index contributed by atoms with van der Waals surface area (Å²) < 4.78 is 44.1. The second-order valence-electron chi connectivity index (χ2n) is 7.34. The van der Waals surface area contributed by atoms with Crippen LogP contribution in [0.4, 0.5) is 9.39 Å². The summed E-state index contributed by atoms with van der Waals surface area (Å²) in [7, 11) is -1.03. The highest BCUT2D eigenvalue weighted by molar-refractivity contribution is 7.89. The Labute approximate surface area is 185 Å². The van der Waals surface area contributed by atoms with E-state index >= 15 is 0 Å². The van der Waals surface area contributed by atoms with Gasteiger partial charge in [0, 0.05) is 24.9 Å². The first kappa shape index (κ1) is 23.4. The number of nitrogens with zero attached hydrogens (tertiary/aromatic N) is 1. The number of carbonyl (C=O) groups excluding carboxylic acids is 2. The topological polar surface area (TPSA) is 92.8 Å². The number of rotatable bonds is 8. The summed E-state index contributed by atoms with van der Waals surface area (Å²) in [6.45, 7) is 0.123. The number of nitrogens with one attached hydrogen (secondary N) is 1. The smallest absolute Gasteiger partial charge is 0.341 e. The molecule has 1 aromatic heterocycles. The number of ether oxygens (including phenoxy) is 1. The highest BCUT2D eigenvalue weighted by atomic mass is 32.2. The van der Waals surface area contributed by atoms with Gasteiger partial charge in [-0.1, -0.05) is 0 Å². The van der Waals surface area contributed by atoms with E-state index in [1.54, 1.807) is 0 Å². The van der Waals surface area contributed by atoms with Gasteiger partial charge >= 0.3 is 5.97 Å². The van der Waals surface area contributed by atoms with Crippen molar-refractivity contribution in [2.45, 2.75) is 43.4 Å². The van der Waals surface area contributed by atoms with Gasteiger partial charge in [0.15, 0.2) is 0 Å². The molecule has 1 aliphatic carbocycles. The number of esters is 1. The number of hydrogen-bond donors (Lipinski definition) is 1. The van der Waals surface area contributed by atoms with Crippen LogP contribution in [-0.4, -0.2) is 45.3 Å². The molecule has 0 fully saturated rings. The maximum absolute atomic E-state index is 13.0. The first-order valence-corrected chi connectivity index (χ1v) is 12.2. The van der Waals surface area contributed by atoms with Crippen LogP contribution >= 0.6 is 11.3 Å². The molecule has 168 valence electrons. The Balaban J connectivity index is 1.60. The fourth-order valence-corrected chi connectivity index (χ4v) is 6.03. The van der Waals surface area contributed by atoms with Crippen molar-refractivity contribution in [2.24, 2.45) is 0 Å². The van der Waals surface area contributed by atoms with Crippen molar-refractivity contribution in [3.8, 4) is 0 Å². The van der Waals surface area contributed by atoms with Crippen molar-refractivity contribution < 1.29 is 27.1 Å². The third-order valence-corrected chi connectivity index (χ3v) is 8.29. The van der Waals surface area contributed by atoms with Crippen LogP contribution < -0.4 is 5.32 Å². The van der Waals surface area contributed by atoms with E-state index in [-0.39, 0.29) is 23.8 Å². The molecular weight excluding hydrogens is 443 g/mol. The van der Waals surface area contributed by atoms with Crippen molar-refractivity contribution >= 4 is 38.2 Å². The van der Waals surface area contributed by atoms with E-state index < -0.39 is 21.8 Å². The molecule has 1 aromatic carbocycles. The van der Waals surface area contributed by atoms with Gasteiger partial charge in [0.25, 0.3) is 0 Å². The molecule has 3 rings (SSSR count). The number of benzene rings is 1. The van der Waals surface area contributed by atoms with Gasteiger partial charge in [-0.05, 0) is 61.9 Å². The first-order chi connectivity index (χ1) is 14.7. The van der Waals surface area contributed by atoms with Crippen LogP contribution in [0.5, 0.6) is 0 Å². The number of halogens is 1. The average Bonchev–Trinajstić information content (AvgIpc) is 3.11. The summed E-state index contributed by atoms with van der Waals surface area (Å²) >= 11 is 1.41.